The summed E-state index contributed by atoms with van der Waals surface area (Å²) in [6.07, 6.45) is 6.04. The van der Waals surface area contributed by atoms with Crippen molar-refractivity contribution in [1.29, 1.82) is 0 Å². The summed E-state index contributed by atoms with van der Waals surface area (Å²) in [5.74, 6) is 0. The van der Waals surface area contributed by atoms with Crippen molar-refractivity contribution < 1.29 is 4.92 Å². The molecule has 0 N–H and O–H groups in total. The maximum atomic E-state index is 10.8. The predicted octanol–water partition coefficient (Wildman–Crippen LogP) is 4.27. The largest absolute Gasteiger partial charge is 0.269 e. The van der Waals surface area contributed by atoms with Crippen LogP contribution in [0.25, 0.3) is 17.3 Å². The molecule has 4 rings (SSSR count). The van der Waals surface area contributed by atoms with Gasteiger partial charge in [0.05, 0.1) is 22.5 Å². The van der Waals surface area contributed by atoms with E-state index < -0.39 is 4.92 Å². The Labute approximate surface area is 139 Å². The van der Waals surface area contributed by atoms with E-state index in [0.29, 0.717) is 0 Å². The quantitative estimate of drug-likeness (QED) is 0.535. The molecule has 0 atom stereocenters. The lowest BCUT2D eigenvalue weighted by Crippen LogP contribution is -2.01. The zero-order chi connectivity index (χ0) is 16.5. The lowest BCUT2D eigenvalue weighted by Gasteiger charge is -2.08. The normalized spacial score (nSPS) is 14.8. The van der Waals surface area contributed by atoms with Gasteiger partial charge < -0.3 is 0 Å². The summed E-state index contributed by atoms with van der Waals surface area (Å²) in [5, 5.41) is 15.3. The Hall–Kier alpha value is -3.21. The number of non-ortho nitro benzene ring substituents is 1. The molecule has 0 aliphatic heterocycles. The Morgan fingerprint density at radius 1 is 1.04 bits per heavy atom. The molecule has 1 aliphatic carbocycles. The van der Waals surface area contributed by atoms with Gasteiger partial charge in [0.25, 0.3) is 5.69 Å². The summed E-state index contributed by atoms with van der Waals surface area (Å²) in [5.41, 5.74) is 5.65. The Bertz CT molecular complexity index is 925. The zero-order valence-electron chi connectivity index (χ0n) is 12.9. The monoisotopic (exact) mass is 317 g/mol. The molecule has 0 amide bonds. The third kappa shape index (κ3) is 2.50. The molecule has 1 aliphatic rings. The van der Waals surface area contributed by atoms with Crippen LogP contribution in [0.4, 0.5) is 5.69 Å². The van der Waals surface area contributed by atoms with Gasteiger partial charge >= 0.3 is 0 Å². The van der Waals surface area contributed by atoms with Crippen LogP contribution in [0.15, 0.2) is 60.8 Å². The second-order valence-corrected chi connectivity index (χ2v) is 5.78. The summed E-state index contributed by atoms with van der Waals surface area (Å²) in [6.45, 7) is 0. The van der Waals surface area contributed by atoms with Gasteiger partial charge in [0.15, 0.2) is 0 Å². The number of aryl methyl sites for hydroxylation is 1. The van der Waals surface area contributed by atoms with E-state index in [9.17, 15) is 10.1 Å². The minimum atomic E-state index is -0.391. The first-order chi connectivity index (χ1) is 11.7. The highest BCUT2D eigenvalue weighted by Gasteiger charge is 2.22. The summed E-state index contributed by atoms with van der Waals surface area (Å²) >= 11 is 0. The Kier molecular flexibility index (Phi) is 3.46. The molecule has 5 nitrogen and oxygen atoms in total. The molecule has 0 bridgehead atoms. The molecule has 0 spiro atoms. The number of nitrogens with zero attached hydrogens (tertiary/aromatic N) is 3. The van der Waals surface area contributed by atoms with Gasteiger partial charge in [-0.15, -0.1) is 0 Å². The lowest BCUT2D eigenvalue weighted by atomic mass is 10.1. The summed E-state index contributed by atoms with van der Waals surface area (Å²) in [4.78, 5) is 10.4. The van der Waals surface area contributed by atoms with Gasteiger partial charge in [0.1, 0.15) is 0 Å². The van der Waals surface area contributed by atoms with Crippen LogP contribution in [-0.4, -0.2) is 14.7 Å². The minimum Gasteiger partial charge on any atom is -0.258 e. The van der Waals surface area contributed by atoms with E-state index >= 15 is 0 Å². The fourth-order valence-electron chi connectivity index (χ4n) is 3.10. The van der Waals surface area contributed by atoms with Crippen LogP contribution in [0.3, 0.4) is 0 Å². The van der Waals surface area contributed by atoms with Crippen LogP contribution in [-0.2, 0) is 6.42 Å². The number of benzene rings is 2. The van der Waals surface area contributed by atoms with Crippen molar-refractivity contribution >= 4 is 17.3 Å². The molecule has 0 saturated carbocycles. The van der Waals surface area contributed by atoms with E-state index in [0.717, 1.165) is 29.8 Å². The molecular weight excluding hydrogens is 302 g/mol. The second kappa shape index (κ2) is 5.77. The molecular formula is C19H15N3O2. The van der Waals surface area contributed by atoms with Crippen molar-refractivity contribution in [2.45, 2.75) is 12.8 Å². The van der Waals surface area contributed by atoms with Crippen molar-refractivity contribution in [2.24, 2.45) is 0 Å². The SMILES string of the molecule is O=[N+]([O-])c1ccc(-n2ncc3c2/C(=C/c2ccccc2)CC3)cc1. The number of aromatic nitrogens is 2. The third-order valence-corrected chi connectivity index (χ3v) is 4.26. The minimum absolute atomic E-state index is 0.0857. The molecule has 5 heteroatoms. The van der Waals surface area contributed by atoms with E-state index in [-0.39, 0.29) is 5.69 Å². The van der Waals surface area contributed by atoms with Gasteiger partial charge in [-0.05, 0) is 47.8 Å². The average molecular weight is 317 g/mol. The number of hydrogen-bond donors (Lipinski definition) is 0. The van der Waals surface area contributed by atoms with Gasteiger partial charge in [0, 0.05) is 12.1 Å². The van der Waals surface area contributed by atoms with Gasteiger partial charge in [-0.2, -0.15) is 5.10 Å². The third-order valence-electron chi connectivity index (χ3n) is 4.26. The Morgan fingerprint density at radius 2 is 1.79 bits per heavy atom. The van der Waals surface area contributed by atoms with Crippen molar-refractivity contribution in [3.8, 4) is 5.69 Å². The standard InChI is InChI=1S/C19H15N3O2/c23-22(24)18-10-8-17(9-11-18)21-19-15(6-7-16(19)13-20-21)12-14-4-2-1-3-5-14/h1-5,8-13H,6-7H2/b15-12+. The fraction of sp³-hybridized carbons (Fsp3) is 0.105. The van der Waals surface area contributed by atoms with Crippen molar-refractivity contribution in [2.75, 3.05) is 0 Å². The van der Waals surface area contributed by atoms with Crippen molar-refractivity contribution in [3.05, 3.63) is 87.7 Å². The second-order valence-electron chi connectivity index (χ2n) is 5.78. The fourth-order valence-corrected chi connectivity index (χ4v) is 3.10. The van der Waals surface area contributed by atoms with E-state index in [1.54, 1.807) is 12.1 Å². The van der Waals surface area contributed by atoms with Gasteiger partial charge in [-0.1, -0.05) is 30.3 Å². The Balaban J connectivity index is 1.76. The zero-order valence-corrected chi connectivity index (χ0v) is 12.9. The summed E-state index contributed by atoms with van der Waals surface area (Å²) in [6, 6.07) is 16.7. The molecule has 0 radical (unpaired) electrons. The van der Waals surface area contributed by atoms with Crippen LogP contribution < -0.4 is 0 Å². The molecule has 24 heavy (non-hydrogen) atoms. The first-order valence-corrected chi connectivity index (χ1v) is 7.80. The van der Waals surface area contributed by atoms with Crippen LogP contribution in [0, 0.1) is 10.1 Å². The number of fused-ring (bicyclic) bond motifs is 1. The smallest absolute Gasteiger partial charge is 0.258 e. The summed E-state index contributed by atoms with van der Waals surface area (Å²) in [7, 11) is 0. The van der Waals surface area contributed by atoms with Crippen LogP contribution in [0.1, 0.15) is 23.2 Å². The molecule has 0 unspecified atom stereocenters. The van der Waals surface area contributed by atoms with Crippen LogP contribution in [0.5, 0.6) is 0 Å². The van der Waals surface area contributed by atoms with Gasteiger partial charge in [-0.3, -0.25) is 10.1 Å². The number of rotatable bonds is 3. The highest BCUT2D eigenvalue weighted by atomic mass is 16.6. The molecule has 1 heterocycles. The molecule has 1 aromatic heterocycles. The number of hydrogen-bond acceptors (Lipinski definition) is 3. The molecule has 2 aromatic carbocycles. The Morgan fingerprint density at radius 3 is 2.50 bits per heavy atom. The van der Waals surface area contributed by atoms with E-state index in [1.807, 2.05) is 29.1 Å². The first kappa shape index (κ1) is 14.4. The van der Waals surface area contributed by atoms with Gasteiger partial charge in [0.2, 0.25) is 0 Å². The highest BCUT2D eigenvalue weighted by Crippen LogP contribution is 2.35. The maximum Gasteiger partial charge on any atom is 0.269 e. The average Bonchev–Trinajstić information content (AvgIpc) is 3.19. The van der Waals surface area contributed by atoms with Crippen LogP contribution >= 0.6 is 0 Å². The molecule has 0 saturated heterocycles. The number of nitro groups is 1. The number of allylic oxidation sites excluding steroid dienone is 1. The van der Waals surface area contributed by atoms with Crippen LogP contribution in [0.2, 0.25) is 0 Å². The topological polar surface area (TPSA) is 61.0 Å². The highest BCUT2D eigenvalue weighted by molar-refractivity contribution is 5.84. The van der Waals surface area contributed by atoms with E-state index in [2.05, 4.69) is 23.3 Å². The summed E-state index contributed by atoms with van der Waals surface area (Å²) < 4.78 is 1.88. The van der Waals surface area contributed by atoms with Gasteiger partial charge in [-0.25, -0.2) is 4.68 Å². The predicted molar refractivity (Wildman–Crippen MR) is 92.9 cm³/mol. The van der Waals surface area contributed by atoms with Crippen molar-refractivity contribution in [1.82, 2.24) is 9.78 Å². The molecule has 118 valence electrons. The first-order valence-electron chi connectivity index (χ1n) is 7.80. The van der Waals surface area contributed by atoms with Crippen molar-refractivity contribution in [3.63, 3.8) is 0 Å². The molecule has 0 fully saturated rings. The maximum absolute atomic E-state index is 10.8. The number of nitro benzene ring substituents is 1. The van der Waals surface area contributed by atoms with E-state index in [4.69, 9.17) is 0 Å². The molecule has 3 aromatic rings. The van der Waals surface area contributed by atoms with E-state index in [1.165, 1.54) is 23.3 Å². The lowest BCUT2D eigenvalue weighted by molar-refractivity contribution is -0.384.